The maximum Gasteiger partial charge on any atom is 0.256 e. The largest absolute Gasteiger partial charge is 0.378 e. The van der Waals surface area contributed by atoms with E-state index in [9.17, 15) is 13.2 Å². The van der Waals surface area contributed by atoms with Crippen molar-refractivity contribution in [2.75, 3.05) is 57.4 Å². The average molecular weight is 422 g/mol. The molecule has 3 saturated heterocycles. The normalized spacial score (nSPS) is 21.9. The predicted molar refractivity (Wildman–Crippen MR) is 112 cm³/mol. The van der Waals surface area contributed by atoms with E-state index >= 15 is 0 Å². The molecule has 0 saturated carbocycles. The predicted octanol–water partition coefficient (Wildman–Crippen LogP) is 2.32. The smallest absolute Gasteiger partial charge is 0.256 e. The molecule has 3 heterocycles. The number of hydrogen-bond acceptors (Lipinski definition) is 5. The van der Waals surface area contributed by atoms with E-state index in [1.807, 2.05) is 11.0 Å². The molecule has 0 aromatic heterocycles. The highest BCUT2D eigenvalue weighted by Crippen LogP contribution is 2.29. The van der Waals surface area contributed by atoms with Crippen molar-refractivity contribution < 1.29 is 17.9 Å². The van der Waals surface area contributed by atoms with E-state index < -0.39 is 10.0 Å². The van der Waals surface area contributed by atoms with E-state index in [4.69, 9.17) is 4.74 Å². The molecule has 0 atom stereocenters. The van der Waals surface area contributed by atoms with Crippen molar-refractivity contribution in [1.82, 2.24) is 9.21 Å². The lowest BCUT2D eigenvalue weighted by Crippen LogP contribution is -2.40. The highest BCUT2D eigenvalue weighted by molar-refractivity contribution is 7.89. The number of piperidine rings is 2. The average Bonchev–Trinajstić information content (AvgIpc) is 2.80. The Morgan fingerprint density at radius 2 is 1.45 bits per heavy atom. The fourth-order valence-electron chi connectivity index (χ4n) is 4.45. The fraction of sp³-hybridized carbons (Fsp3) is 0.667. The Hall–Kier alpha value is -1.64. The van der Waals surface area contributed by atoms with Gasteiger partial charge in [-0.15, -0.1) is 0 Å². The Morgan fingerprint density at radius 3 is 2.10 bits per heavy atom. The van der Waals surface area contributed by atoms with Crippen molar-refractivity contribution in [2.24, 2.45) is 0 Å². The fourth-order valence-corrected chi connectivity index (χ4v) is 5.99. The summed E-state index contributed by atoms with van der Waals surface area (Å²) in [7, 11) is -3.58. The number of likely N-dealkylation sites (tertiary alicyclic amines) is 1. The molecule has 3 aliphatic heterocycles. The van der Waals surface area contributed by atoms with Gasteiger partial charge in [-0.3, -0.25) is 4.79 Å². The lowest BCUT2D eigenvalue weighted by Gasteiger charge is -2.33. The summed E-state index contributed by atoms with van der Waals surface area (Å²) < 4.78 is 33.4. The number of hydrogen-bond donors (Lipinski definition) is 0. The molecular formula is C21H31N3O4S. The van der Waals surface area contributed by atoms with Crippen LogP contribution in [-0.2, 0) is 14.8 Å². The van der Waals surface area contributed by atoms with E-state index in [2.05, 4.69) is 4.90 Å². The molecular weight excluding hydrogens is 390 g/mol. The molecule has 0 spiro atoms. The molecule has 1 aromatic carbocycles. The summed E-state index contributed by atoms with van der Waals surface area (Å²) in [4.78, 5) is 17.6. The molecule has 0 N–H and O–H groups in total. The second-order valence-electron chi connectivity index (χ2n) is 8.10. The van der Waals surface area contributed by atoms with Crippen LogP contribution in [0.25, 0.3) is 0 Å². The van der Waals surface area contributed by atoms with Gasteiger partial charge in [-0.25, -0.2) is 8.42 Å². The number of anilines is 1. The molecule has 0 radical (unpaired) electrons. The van der Waals surface area contributed by atoms with Gasteiger partial charge >= 0.3 is 0 Å². The zero-order valence-electron chi connectivity index (χ0n) is 17.0. The molecule has 1 amide bonds. The van der Waals surface area contributed by atoms with Crippen molar-refractivity contribution in [3.63, 3.8) is 0 Å². The molecule has 0 bridgehead atoms. The number of morpholine rings is 1. The summed E-state index contributed by atoms with van der Waals surface area (Å²) in [6.45, 7) is 5.24. The Bertz CT molecular complexity index is 824. The Kier molecular flexibility index (Phi) is 6.41. The van der Waals surface area contributed by atoms with Crippen molar-refractivity contribution in [3.05, 3.63) is 23.8 Å². The summed E-state index contributed by atoms with van der Waals surface area (Å²) >= 11 is 0. The van der Waals surface area contributed by atoms with E-state index in [0.29, 0.717) is 45.0 Å². The molecule has 3 aliphatic rings. The molecule has 0 unspecified atom stereocenters. The van der Waals surface area contributed by atoms with Gasteiger partial charge in [-0.05, 0) is 50.3 Å². The molecule has 7 nitrogen and oxygen atoms in total. The van der Waals surface area contributed by atoms with Crippen LogP contribution < -0.4 is 4.90 Å². The molecule has 29 heavy (non-hydrogen) atoms. The summed E-state index contributed by atoms with van der Waals surface area (Å²) in [5.74, 6) is -0.0538. The zero-order valence-corrected chi connectivity index (χ0v) is 17.8. The van der Waals surface area contributed by atoms with Gasteiger partial charge in [0.1, 0.15) is 0 Å². The van der Waals surface area contributed by atoms with E-state index in [0.717, 1.165) is 57.3 Å². The maximum absolute atomic E-state index is 13.4. The van der Waals surface area contributed by atoms with Crippen LogP contribution in [0.4, 0.5) is 5.69 Å². The van der Waals surface area contributed by atoms with Crippen molar-refractivity contribution in [2.45, 2.75) is 43.4 Å². The van der Waals surface area contributed by atoms with Crippen molar-refractivity contribution >= 4 is 21.6 Å². The highest BCUT2D eigenvalue weighted by Gasteiger charge is 2.30. The number of carbonyl (C=O) groups excluding carboxylic acids is 1. The topological polar surface area (TPSA) is 70.2 Å². The SMILES string of the molecule is O=C(c1cc(S(=O)(=O)N2CCCCC2)ccc1N1CCOCC1)N1CCCCC1. The highest BCUT2D eigenvalue weighted by atomic mass is 32.2. The third-order valence-electron chi connectivity index (χ3n) is 6.15. The summed E-state index contributed by atoms with van der Waals surface area (Å²) in [6.07, 6.45) is 6.01. The van der Waals surface area contributed by atoms with Gasteiger partial charge in [0.15, 0.2) is 0 Å². The van der Waals surface area contributed by atoms with Crippen LogP contribution in [0.2, 0.25) is 0 Å². The molecule has 4 rings (SSSR count). The summed E-state index contributed by atoms with van der Waals surface area (Å²) in [6, 6.07) is 5.10. The molecule has 1 aromatic rings. The summed E-state index contributed by atoms with van der Waals surface area (Å²) in [5.41, 5.74) is 1.33. The van der Waals surface area contributed by atoms with Gasteiger partial charge in [0.2, 0.25) is 10.0 Å². The third kappa shape index (κ3) is 4.44. The first-order chi connectivity index (χ1) is 14.1. The number of ether oxygens (including phenoxy) is 1. The number of rotatable bonds is 4. The van der Waals surface area contributed by atoms with Crippen LogP contribution in [-0.4, -0.2) is 76.0 Å². The molecule has 8 heteroatoms. The number of sulfonamides is 1. The van der Waals surface area contributed by atoms with Crippen LogP contribution in [0.3, 0.4) is 0 Å². The summed E-state index contributed by atoms with van der Waals surface area (Å²) in [5, 5.41) is 0. The number of carbonyl (C=O) groups is 1. The van der Waals surface area contributed by atoms with E-state index in [-0.39, 0.29) is 10.8 Å². The van der Waals surface area contributed by atoms with Gasteiger partial charge in [0.05, 0.1) is 23.7 Å². The van der Waals surface area contributed by atoms with Crippen molar-refractivity contribution in [1.29, 1.82) is 0 Å². The van der Waals surface area contributed by atoms with Crippen LogP contribution in [0.15, 0.2) is 23.1 Å². The van der Waals surface area contributed by atoms with Crippen molar-refractivity contribution in [3.8, 4) is 0 Å². The van der Waals surface area contributed by atoms with Crippen LogP contribution in [0.5, 0.6) is 0 Å². The van der Waals surface area contributed by atoms with Gasteiger partial charge in [-0.2, -0.15) is 4.31 Å². The Labute approximate surface area is 173 Å². The molecule has 0 aliphatic carbocycles. The lowest BCUT2D eigenvalue weighted by atomic mass is 10.1. The minimum Gasteiger partial charge on any atom is -0.378 e. The van der Waals surface area contributed by atoms with Crippen LogP contribution >= 0.6 is 0 Å². The zero-order chi connectivity index (χ0) is 20.3. The van der Waals surface area contributed by atoms with Gasteiger partial charge in [-0.1, -0.05) is 6.42 Å². The second kappa shape index (κ2) is 9.02. The van der Waals surface area contributed by atoms with Crippen LogP contribution in [0, 0.1) is 0 Å². The van der Waals surface area contributed by atoms with Gasteiger partial charge < -0.3 is 14.5 Å². The van der Waals surface area contributed by atoms with E-state index in [1.54, 1.807) is 16.4 Å². The van der Waals surface area contributed by atoms with Crippen LogP contribution in [0.1, 0.15) is 48.9 Å². The Balaban J connectivity index is 1.70. The quantitative estimate of drug-likeness (QED) is 0.746. The standard InChI is InChI=1S/C21H31N3O4S/c25-21(23-9-3-1-4-10-23)19-17-18(29(26,27)24-11-5-2-6-12-24)7-8-20(19)22-13-15-28-16-14-22/h7-8,17H,1-6,9-16H2. The Morgan fingerprint density at radius 1 is 0.828 bits per heavy atom. The number of amides is 1. The first kappa shape index (κ1) is 20.6. The second-order valence-corrected chi connectivity index (χ2v) is 10.0. The lowest BCUT2D eigenvalue weighted by molar-refractivity contribution is 0.0723. The first-order valence-electron chi connectivity index (χ1n) is 10.8. The molecule has 3 fully saturated rings. The first-order valence-corrected chi connectivity index (χ1v) is 12.3. The van der Waals surface area contributed by atoms with E-state index in [1.165, 1.54) is 0 Å². The minimum absolute atomic E-state index is 0.0538. The minimum atomic E-state index is -3.58. The third-order valence-corrected chi connectivity index (χ3v) is 8.04. The maximum atomic E-state index is 13.4. The monoisotopic (exact) mass is 421 g/mol. The van der Waals surface area contributed by atoms with Gasteiger partial charge in [0.25, 0.3) is 5.91 Å². The number of nitrogens with zero attached hydrogens (tertiary/aromatic N) is 3. The molecule has 160 valence electrons. The number of benzene rings is 1. The van der Waals surface area contributed by atoms with Gasteiger partial charge in [0, 0.05) is 45.0 Å².